The van der Waals surface area contributed by atoms with E-state index in [-0.39, 0.29) is 29.8 Å². The van der Waals surface area contributed by atoms with Crippen molar-refractivity contribution in [3.63, 3.8) is 0 Å². The van der Waals surface area contributed by atoms with Crippen LogP contribution in [-0.4, -0.2) is 35.5 Å². The quantitative estimate of drug-likeness (QED) is 0.323. The van der Waals surface area contributed by atoms with Gasteiger partial charge in [-0.1, -0.05) is 18.2 Å². The average Bonchev–Trinajstić information content (AvgIpc) is 3.06. The first-order valence-electron chi connectivity index (χ1n) is 8.78. The molecule has 0 radical (unpaired) electrons. The number of nitrogens with one attached hydrogen (secondary N) is 2. The Hall–Kier alpha value is -2.16. The summed E-state index contributed by atoms with van der Waals surface area (Å²) in [6, 6.07) is 10.7. The minimum atomic E-state index is -0.207. The fourth-order valence-electron chi connectivity index (χ4n) is 2.83. The molecule has 0 bridgehead atoms. The van der Waals surface area contributed by atoms with Gasteiger partial charge in [-0.25, -0.2) is 9.37 Å². The fraction of sp³-hybridized carbons (Fsp3) is 0.300. The zero-order valence-corrected chi connectivity index (χ0v) is 17.9. The molecule has 27 heavy (non-hydrogen) atoms. The number of guanidine groups is 1. The number of halogens is 2. The van der Waals surface area contributed by atoms with Crippen molar-refractivity contribution in [1.82, 2.24) is 20.0 Å². The van der Waals surface area contributed by atoms with Crippen molar-refractivity contribution in [2.24, 2.45) is 4.99 Å². The van der Waals surface area contributed by atoms with Gasteiger partial charge in [-0.2, -0.15) is 0 Å². The van der Waals surface area contributed by atoms with E-state index in [9.17, 15) is 4.39 Å². The molecule has 1 aromatic carbocycles. The number of nitrogens with zero attached hydrogens (tertiary/aromatic N) is 3. The van der Waals surface area contributed by atoms with Crippen LogP contribution in [0.2, 0.25) is 0 Å². The lowest BCUT2D eigenvalue weighted by Gasteiger charge is -2.11. The first kappa shape index (κ1) is 21.1. The SMILES string of the molecule is CN=C(NCCc1ccc(F)cc1)NCCc1cn2cccc(C)c2n1.I. The Morgan fingerprint density at radius 3 is 2.48 bits per heavy atom. The summed E-state index contributed by atoms with van der Waals surface area (Å²) in [5, 5.41) is 6.58. The molecule has 0 unspecified atom stereocenters. The van der Waals surface area contributed by atoms with Gasteiger partial charge in [0, 0.05) is 39.0 Å². The van der Waals surface area contributed by atoms with E-state index in [0.717, 1.165) is 48.8 Å². The third kappa shape index (κ3) is 5.92. The summed E-state index contributed by atoms with van der Waals surface area (Å²) >= 11 is 0. The first-order valence-corrected chi connectivity index (χ1v) is 8.78. The van der Waals surface area contributed by atoms with E-state index in [1.54, 1.807) is 19.2 Å². The largest absolute Gasteiger partial charge is 0.356 e. The monoisotopic (exact) mass is 481 g/mol. The summed E-state index contributed by atoms with van der Waals surface area (Å²) in [6.07, 6.45) is 5.71. The van der Waals surface area contributed by atoms with Gasteiger partial charge in [-0.15, -0.1) is 24.0 Å². The number of aryl methyl sites for hydroxylation is 1. The third-order valence-corrected chi connectivity index (χ3v) is 4.24. The predicted octanol–water partition coefficient (Wildman–Crippen LogP) is 3.35. The van der Waals surface area contributed by atoms with Gasteiger partial charge >= 0.3 is 0 Å². The van der Waals surface area contributed by atoms with Crippen molar-refractivity contribution in [2.45, 2.75) is 19.8 Å². The molecule has 0 fully saturated rings. The van der Waals surface area contributed by atoms with Crippen LogP contribution in [-0.2, 0) is 12.8 Å². The number of pyridine rings is 1. The molecule has 0 atom stereocenters. The van der Waals surface area contributed by atoms with Gasteiger partial charge in [-0.05, 0) is 42.7 Å². The summed E-state index contributed by atoms with van der Waals surface area (Å²) in [6.45, 7) is 3.55. The minimum Gasteiger partial charge on any atom is -0.356 e. The van der Waals surface area contributed by atoms with Gasteiger partial charge in [0.2, 0.25) is 0 Å². The van der Waals surface area contributed by atoms with Crippen molar-refractivity contribution >= 4 is 35.6 Å². The Balaban J connectivity index is 0.00000261. The van der Waals surface area contributed by atoms with Gasteiger partial charge in [-0.3, -0.25) is 4.99 Å². The van der Waals surface area contributed by atoms with Crippen LogP contribution in [0, 0.1) is 12.7 Å². The molecule has 0 spiro atoms. The van der Waals surface area contributed by atoms with E-state index in [1.165, 1.54) is 17.7 Å². The summed E-state index contributed by atoms with van der Waals surface area (Å²) in [4.78, 5) is 8.91. The van der Waals surface area contributed by atoms with Crippen LogP contribution < -0.4 is 10.6 Å². The molecule has 7 heteroatoms. The number of hydrogen-bond acceptors (Lipinski definition) is 2. The van der Waals surface area contributed by atoms with E-state index < -0.39 is 0 Å². The zero-order valence-electron chi connectivity index (χ0n) is 15.6. The molecule has 0 saturated carbocycles. The summed E-state index contributed by atoms with van der Waals surface area (Å²) in [5.41, 5.74) is 4.32. The number of fused-ring (bicyclic) bond motifs is 1. The van der Waals surface area contributed by atoms with Crippen LogP contribution in [0.4, 0.5) is 4.39 Å². The van der Waals surface area contributed by atoms with E-state index in [4.69, 9.17) is 0 Å². The Morgan fingerprint density at radius 1 is 1.11 bits per heavy atom. The summed E-state index contributed by atoms with van der Waals surface area (Å²) in [5.74, 6) is 0.549. The second kappa shape index (κ2) is 10.2. The molecule has 0 aliphatic heterocycles. The fourth-order valence-corrected chi connectivity index (χ4v) is 2.83. The van der Waals surface area contributed by atoms with Crippen LogP contribution in [0.15, 0.2) is 53.8 Å². The van der Waals surface area contributed by atoms with Crippen molar-refractivity contribution in [3.8, 4) is 0 Å². The second-order valence-corrected chi connectivity index (χ2v) is 6.21. The highest BCUT2D eigenvalue weighted by Gasteiger charge is 2.04. The molecule has 2 N–H and O–H groups in total. The maximum Gasteiger partial charge on any atom is 0.190 e. The van der Waals surface area contributed by atoms with Crippen LogP contribution in [0.25, 0.3) is 5.65 Å². The van der Waals surface area contributed by atoms with Gasteiger partial charge in [0.05, 0.1) is 5.69 Å². The number of hydrogen-bond donors (Lipinski definition) is 2. The molecular weight excluding hydrogens is 456 g/mol. The molecule has 2 heterocycles. The maximum absolute atomic E-state index is 12.9. The Labute approximate surface area is 176 Å². The molecule has 0 aliphatic rings. The van der Waals surface area contributed by atoms with E-state index in [0.29, 0.717) is 0 Å². The molecule has 0 aliphatic carbocycles. The van der Waals surface area contributed by atoms with Crippen LogP contribution in [0.1, 0.15) is 16.8 Å². The first-order chi connectivity index (χ1) is 12.7. The van der Waals surface area contributed by atoms with Crippen molar-refractivity contribution < 1.29 is 4.39 Å². The second-order valence-electron chi connectivity index (χ2n) is 6.21. The Bertz CT molecular complexity index is 889. The summed E-state index contributed by atoms with van der Waals surface area (Å²) in [7, 11) is 1.75. The Morgan fingerprint density at radius 2 is 1.81 bits per heavy atom. The highest BCUT2D eigenvalue weighted by Crippen LogP contribution is 2.10. The van der Waals surface area contributed by atoms with Crippen LogP contribution >= 0.6 is 24.0 Å². The van der Waals surface area contributed by atoms with Gasteiger partial charge in [0.25, 0.3) is 0 Å². The normalized spacial score (nSPS) is 11.3. The molecule has 5 nitrogen and oxygen atoms in total. The predicted molar refractivity (Wildman–Crippen MR) is 119 cm³/mol. The molecule has 0 saturated heterocycles. The molecule has 144 valence electrons. The zero-order chi connectivity index (χ0) is 18.4. The molecule has 2 aromatic heterocycles. The highest BCUT2D eigenvalue weighted by molar-refractivity contribution is 14.0. The van der Waals surface area contributed by atoms with Crippen molar-refractivity contribution in [2.75, 3.05) is 20.1 Å². The van der Waals surface area contributed by atoms with E-state index in [2.05, 4.69) is 44.2 Å². The standard InChI is InChI=1S/C20H24FN5.HI/c1-15-4-3-13-26-14-18(25-19(15)26)10-12-24-20(22-2)23-11-9-16-5-7-17(21)8-6-16;/h3-8,13-14H,9-12H2,1-2H3,(H2,22,23,24);1H. The van der Waals surface area contributed by atoms with E-state index in [1.807, 2.05) is 12.3 Å². The van der Waals surface area contributed by atoms with Gasteiger partial charge in [0.15, 0.2) is 5.96 Å². The highest BCUT2D eigenvalue weighted by atomic mass is 127. The Kier molecular flexibility index (Phi) is 8.02. The molecule has 3 rings (SSSR count). The summed E-state index contributed by atoms with van der Waals surface area (Å²) < 4.78 is 15.0. The number of imidazole rings is 1. The molecular formula is C20H25FIN5. The van der Waals surface area contributed by atoms with Crippen LogP contribution in [0.5, 0.6) is 0 Å². The van der Waals surface area contributed by atoms with Gasteiger partial charge < -0.3 is 15.0 Å². The number of aromatic nitrogens is 2. The smallest absolute Gasteiger partial charge is 0.190 e. The third-order valence-electron chi connectivity index (χ3n) is 4.24. The maximum atomic E-state index is 12.9. The topological polar surface area (TPSA) is 53.7 Å². The van der Waals surface area contributed by atoms with Gasteiger partial charge in [0.1, 0.15) is 11.5 Å². The lowest BCUT2D eigenvalue weighted by atomic mass is 10.1. The van der Waals surface area contributed by atoms with E-state index >= 15 is 0 Å². The number of aliphatic imine (C=N–C) groups is 1. The lowest BCUT2D eigenvalue weighted by Crippen LogP contribution is -2.39. The number of benzene rings is 1. The average molecular weight is 481 g/mol. The van der Waals surface area contributed by atoms with Crippen molar-refractivity contribution in [1.29, 1.82) is 0 Å². The molecule has 3 aromatic rings. The minimum absolute atomic E-state index is 0. The molecule has 0 amide bonds. The van der Waals surface area contributed by atoms with Crippen molar-refractivity contribution in [3.05, 3.63) is 71.4 Å². The lowest BCUT2D eigenvalue weighted by molar-refractivity contribution is 0.626. The number of rotatable bonds is 6. The van der Waals surface area contributed by atoms with Crippen LogP contribution in [0.3, 0.4) is 0 Å².